The molecule has 1 heterocycles. The molecule has 5 nitrogen and oxygen atoms in total. The molecular weight excluding hydrogens is 206 g/mol. The summed E-state index contributed by atoms with van der Waals surface area (Å²) < 4.78 is 0. The Morgan fingerprint density at radius 2 is 2.12 bits per heavy atom. The van der Waals surface area contributed by atoms with Crippen LogP contribution in [0, 0.1) is 5.41 Å². The van der Waals surface area contributed by atoms with Crippen LogP contribution < -0.4 is 16.2 Å². The highest BCUT2D eigenvalue weighted by molar-refractivity contribution is 5.88. The summed E-state index contributed by atoms with van der Waals surface area (Å²) in [6, 6.07) is 2.84. The first-order chi connectivity index (χ1) is 7.38. The number of aromatic amines is 1. The van der Waals surface area contributed by atoms with Crippen molar-refractivity contribution in [3.63, 3.8) is 0 Å². The van der Waals surface area contributed by atoms with Crippen LogP contribution in [-0.2, 0) is 0 Å². The number of carbonyl (C=O) groups excluding carboxylic acids is 1. The van der Waals surface area contributed by atoms with Crippen LogP contribution in [0.25, 0.3) is 0 Å². The number of nitrogens with one attached hydrogen (secondary N) is 3. The minimum Gasteiger partial charge on any atom is -0.337 e. The summed E-state index contributed by atoms with van der Waals surface area (Å²) in [5.41, 5.74) is -0.0530. The number of H-pyrrole nitrogens is 1. The predicted molar refractivity (Wildman–Crippen MR) is 63.5 cm³/mol. The molecule has 0 aliphatic rings. The maximum Gasteiger partial charge on any atom is 0.319 e. The molecule has 0 radical (unpaired) electrons. The molecule has 0 spiro atoms. The molecule has 2 amide bonds. The molecule has 0 fully saturated rings. The smallest absolute Gasteiger partial charge is 0.319 e. The molecule has 5 heteroatoms. The third kappa shape index (κ3) is 4.16. The second-order valence-corrected chi connectivity index (χ2v) is 4.78. The van der Waals surface area contributed by atoms with Gasteiger partial charge in [0.15, 0.2) is 0 Å². The number of urea groups is 1. The van der Waals surface area contributed by atoms with Crippen LogP contribution in [0.5, 0.6) is 0 Å². The number of hydrogen-bond acceptors (Lipinski definition) is 2. The molecule has 0 unspecified atom stereocenters. The molecule has 3 N–H and O–H groups in total. The van der Waals surface area contributed by atoms with Crippen LogP contribution in [0.4, 0.5) is 10.5 Å². The van der Waals surface area contributed by atoms with Gasteiger partial charge in [-0.25, -0.2) is 4.79 Å². The maximum atomic E-state index is 11.4. The molecule has 1 rings (SSSR count). The van der Waals surface area contributed by atoms with Gasteiger partial charge in [0.25, 0.3) is 5.56 Å². The zero-order chi connectivity index (χ0) is 12.2. The number of aromatic nitrogens is 1. The Balaban J connectivity index is 2.53. The van der Waals surface area contributed by atoms with E-state index in [0.717, 1.165) is 0 Å². The van der Waals surface area contributed by atoms with Gasteiger partial charge in [-0.1, -0.05) is 20.8 Å². The fourth-order valence-corrected chi connectivity index (χ4v) is 1.03. The first kappa shape index (κ1) is 12.3. The Labute approximate surface area is 94.3 Å². The van der Waals surface area contributed by atoms with Gasteiger partial charge in [0.2, 0.25) is 0 Å². The molecule has 16 heavy (non-hydrogen) atoms. The van der Waals surface area contributed by atoms with E-state index in [2.05, 4.69) is 15.6 Å². The monoisotopic (exact) mass is 223 g/mol. The number of carbonyl (C=O) groups is 1. The average Bonchev–Trinajstić information content (AvgIpc) is 2.18. The summed E-state index contributed by atoms with van der Waals surface area (Å²) in [7, 11) is 0. The Hall–Kier alpha value is -1.78. The zero-order valence-electron chi connectivity index (χ0n) is 9.76. The first-order valence-corrected chi connectivity index (χ1v) is 5.11. The van der Waals surface area contributed by atoms with E-state index in [0.29, 0.717) is 6.54 Å². The van der Waals surface area contributed by atoms with Crippen LogP contribution in [-0.4, -0.2) is 17.6 Å². The number of hydrogen-bond donors (Lipinski definition) is 3. The molecule has 0 aliphatic carbocycles. The molecule has 1 aromatic rings. The van der Waals surface area contributed by atoms with Crippen LogP contribution in [0.2, 0.25) is 0 Å². The molecule has 88 valence electrons. The van der Waals surface area contributed by atoms with Gasteiger partial charge in [-0.3, -0.25) is 4.79 Å². The van der Waals surface area contributed by atoms with Gasteiger partial charge in [-0.05, 0) is 17.5 Å². The fraction of sp³-hybridized carbons (Fsp3) is 0.455. The second kappa shape index (κ2) is 4.83. The standard InChI is InChI=1S/C11H17N3O2/c1-11(2,3)7-13-10(16)14-8-5-4-6-12-9(8)15/h4-6H,7H2,1-3H3,(H,12,15)(H2,13,14,16). The summed E-state index contributed by atoms with van der Waals surface area (Å²) in [6.45, 7) is 6.59. The summed E-state index contributed by atoms with van der Waals surface area (Å²) in [5.74, 6) is 0. The Kier molecular flexibility index (Phi) is 3.71. The summed E-state index contributed by atoms with van der Waals surface area (Å²) in [6.07, 6.45) is 1.51. The fourth-order valence-electron chi connectivity index (χ4n) is 1.03. The van der Waals surface area contributed by atoms with E-state index in [1.54, 1.807) is 12.1 Å². The quantitative estimate of drug-likeness (QED) is 0.711. The topological polar surface area (TPSA) is 74.0 Å². The SMILES string of the molecule is CC(C)(C)CNC(=O)Nc1ccc[nH]c1=O. The minimum atomic E-state index is -0.369. The van der Waals surface area contributed by atoms with Crippen molar-refractivity contribution in [1.82, 2.24) is 10.3 Å². The van der Waals surface area contributed by atoms with Gasteiger partial charge in [0, 0.05) is 12.7 Å². The van der Waals surface area contributed by atoms with Gasteiger partial charge < -0.3 is 15.6 Å². The first-order valence-electron chi connectivity index (χ1n) is 5.11. The second-order valence-electron chi connectivity index (χ2n) is 4.78. The van der Waals surface area contributed by atoms with Gasteiger partial charge in [0.05, 0.1) is 0 Å². The largest absolute Gasteiger partial charge is 0.337 e. The molecular formula is C11H17N3O2. The lowest BCUT2D eigenvalue weighted by molar-refractivity contribution is 0.247. The number of amides is 2. The van der Waals surface area contributed by atoms with Gasteiger partial charge >= 0.3 is 6.03 Å². The average molecular weight is 223 g/mol. The van der Waals surface area contributed by atoms with Crippen molar-refractivity contribution in [3.05, 3.63) is 28.7 Å². The van der Waals surface area contributed by atoms with Crippen molar-refractivity contribution in [2.45, 2.75) is 20.8 Å². The van der Waals surface area contributed by atoms with Gasteiger partial charge in [0.1, 0.15) is 5.69 Å². The van der Waals surface area contributed by atoms with Crippen LogP contribution >= 0.6 is 0 Å². The van der Waals surface area contributed by atoms with E-state index in [1.165, 1.54) is 6.20 Å². The molecule has 0 aliphatic heterocycles. The van der Waals surface area contributed by atoms with Crippen molar-refractivity contribution in [1.29, 1.82) is 0 Å². The highest BCUT2D eigenvalue weighted by Gasteiger charge is 2.12. The van der Waals surface area contributed by atoms with E-state index in [9.17, 15) is 9.59 Å². The molecule has 1 aromatic heterocycles. The highest BCUT2D eigenvalue weighted by atomic mass is 16.2. The summed E-state index contributed by atoms with van der Waals surface area (Å²) in [4.78, 5) is 25.2. The summed E-state index contributed by atoms with van der Waals surface area (Å²) >= 11 is 0. The lowest BCUT2D eigenvalue weighted by Crippen LogP contribution is -2.36. The zero-order valence-corrected chi connectivity index (χ0v) is 9.76. The molecule has 0 atom stereocenters. The van der Waals surface area contributed by atoms with Crippen molar-refractivity contribution in [3.8, 4) is 0 Å². The molecule has 0 bridgehead atoms. The summed E-state index contributed by atoms with van der Waals surface area (Å²) in [5, 5.41) is 5.18. The van der Waals surface area contributed by atoms with Crippen molar-refractivity contribution >= 4 is 11.7 Å². The van der Waals surface area contributed by atoms with E-state index in [-0.39, 0.29) is 22.7 Å². The van der Waals surface area contributed by atoms with Crippen LogP contribution in [0.3, 0.4) is 0 Å². The Morgan fingerprint density at radius 3 is 2.69 bits per heavy atom. The molecule has 0 saturated carbocycles. The van der Waals surface area contributed by atoms with Crippen molar-refractivity contribution in [2.75, 3.05) is 11.9 Å². The third-order valence-electron chi connectivity index (χ3n) is 1.85. The Morgan fingerprint density at radius 1 is 1.44 bits per heavy atom. The number of anilines is 1. The van der Waals surface area contributed by atoms with Crippen LogP contribution in [0.15, 0.2) is 23.1 Å². The normalized spacial score (nSPS) is 10.9. The molecule has 0 aromatic carbocycles. The lowest BCUT2D eigenvalue weighted by atomic mass is 9.97. The van der Waals surface area contributed by atoms with Gasteiger partial charge in [-0.2, -0.15) is 0 Å². The third-order valence-corrected chi connectivity index (χ3v) is 1.85. The van der Waals surface area contributed by atoms with E-state index in [1.807, 2.05) is 20.8 Å². The van der Waals surface area contributed by atoms with E-state index >= 15 is 0 Å². The van der Waals surface area contributed by atoms with Crippen LogP contribution in [0.1, 0.15) is 20.8 Å². The van der Waals surface area contributed by atoms with E-state index < -0.39 is 0 Å². The number of pyridine rings is 1. The lowest BCUT2D eigenvalue weighted by Gasteiger charge is -2.18. The minimum absolute atomic E-state index is 0.0143. The van der Waals surface area contributed by atoms with Crippen molar-refractivity contribution in [2.24, 2.45) is 5.41 Å². The molecule has 0 saturated heterocycles. The highest BCUT2D eigenvalue weighted by Crippen LogP contribution is 2.10. The number of rotatable bonds is 2. The predicted octanol–water partition coefficient (Wildman–Crippen LogP) is 1.54. The maximum absolute atomic E-state index is 11.4. The Bertz CT molecular complexity index is 418. The van der Waals surface area contributed by atoms with Crippen molar-refractivity contribution < 1.29 is 4.79 Å². The van der Waals surface area contributed by atoms with E-state index in [4.69, 9.17) is 0 Å². The van der Waals surface area contributed by atoms with Gasteiger partial charge in [-0.15, -0.1) is 0 Å².